The third-order valence-electron chi connectivity index (χ3n) is 4.81. The van der Waals surface area contributed by atoms with Crippen LogP contribution in [-0.2, 0) is 0 Å². The molecule has 0 fully saturated rings. The number of nitrogens with zero attached hydrogens (tertiary/aromatic N) is 1. The monoisotopic (exact) mass is 450 g/mol. The summed E-state index contributed by atoms with van der Waals surface area (Å²) in [5.41, 5.74) is 1.74. The van der Waals surface area contributed by atoms with Crippen molar-refractivity contribution < 1.29 is 13.9 Å². The minimum absolute atomic E-state index is 0. The van der Waals surface area contributed by atoms with Crippen LogP contribution in [0.5, 0.6) is 5.75 Å². The molecule has 0 aliphatic carbocycles. The maximum absolute atomic E-state index is 12.7. The van der Waals surface area contributed by atoms with Crippen LogP contribution < -0.4 is 15.5 Å². The van der Waals surface area contributed by atoms with Crippen molar-refractivity contribution in [2.75, 3.05) is 27.7 Å². The van der Waals surface area contributed by atoms with Crippen LogP contribution in [0.1, 0.15) is 27.7 Å². The van der Waals surface area contributed by atoms with E-state index in [2.05, 4.69) is 5.32 Å². The first kappa shape index (κ1) is 23.7. The second-order valence-corrected chi connectivity index (χ2v) is 7.41. The van der Waals surface area contributed by atoms with Gasteiger partial charge in [0.1, 0.15) is 11.3 Å². The summed E-state index contributed by atoms with van der Waals surface area (Å²) >= 11 is 6.08. The number of aryl methyl sites for hydroxylation is 1. The highest BCUT2D eigenvalue weighted by Gasteiger charge is 2.20. The number of benzene rings is 2. The summed E-state index contributed by atoms with van der Waals surface area (Å²) in [6, 6.07) is 11.9. The number of nitrogens with one attached hydrogen (secondary N) is 1. The van der Waals surface area contributed by atoms with Gasteiger partial charge in [-0.2, -0.15) is 0 Å². The van der Waals surface area contributed by atoms with Crippen molar-refractivity contribution in [3.05, 3.63) is 74.6 Å². The van der Waals surface area contributed by atoms with Gasteiger partial charge in [-0.3, -0.25) is 9.59 Å². The standard InChI is InChI=1S/C22H23ClN2O4.ClH/c1-13-9-20-15(10-16(13)23)18(26)11-21(29-20)22(27)24-12-17(25(2)3)14-7-5-6-8-19(14)28-4;/h5-11,17H,12H2,1-4H3,(H,24,27);1H. The highest BCUT2D eigenvalue weighted by molar-refractivity contribution is 6.32. The van der Waals surface area contributed by atoms with Crippen molar-refractivity contribution in [1.82, 2.24) is 10.2 Å². The first-order chi connectivity index (χ1) is 13.8. The highest BCUT2D eigenvalue weighted by atomic mass is 35.5. The Morgan fingerprint density at radius 2 is 1.93 bits per heavy atom. The Balaban J connectivity index is 0.00000320. The zero-order chi connectivity index (χ0) is 21.1. The molecule has 3 aromatic rings. The summed E-state index contributed by atoms with van der Waals surface area (Å²) in [4.78, 5) is 27.1. The van der Waals surface area contributed by atoms with Crippen LogP contribution in [0, 0.1) is 6.92 Å². The minimum Gasteiger partial charge on any atom is -0.496 e. The Morgan fingerprint density at radius 3 is 2.60 bits per heavy atom. The average molecular weight is 451 g/mol. The molecule has 2 aromatic carbocycles. The van der Waals surface area contributed by atoms with E-state index >= 15 is 0 Å². The van der Waals surface area contributed by atoms with Crippen LogP contribution in [0.2, 0.25) is 5.02 Å². The van der Waals surface area contributed by atoms with Crippen LogP contribution in [-0.4, -0.2) is 38.6 Å². The van der Waals surface area contributed by atoms with E-state index in [9.17, 15) is 9.59 Å². The number of para-hydroxylation sites is 1. The summed E-state index contributed by atoms with van der Waals surface area (Å²) in [6.45, 7) is 2.12. The molecule has 1 N–H and O–H groups in total. The lowest BCUT2D eigenvalue weighted by atomic mass is 10.0. The van der Waals surface area contributed by atoms with Crippen LogP contribution in [0.4, 0.5) is 0 Å². The second kappa shape index (κ2) is 9.98. The van der Waals surface area contributed by atoms with E-state index in [0.717, 1.165) is 16.9 Å². The lowest BCUT2D eigenvalue weighted by molar-refractivity contribution is 0.0914. The van der Waals surface area contributed by atoms with E-state index < -0.39 is 5.91 Å². The molecule has 6 nitrogen and oxygen atoms in total. The minimum atomic E-state index is -0.460. The number of rotatable bonds is 6. The normalized spacial score (nSPS) is 11.8. The molecule has 1 atom stereocenters. The van der Waals surface area contributed by atoms with Gasteiger partial charge in [0.15, 0.2) is 11.2 Å². The largest absolute Gasteiger partial charge is 0.496 e. The van der Waals surface area contributed by atoms with Crippen LogP contribution >= 0.6 is 24.0 Å². The average Bonchev–Trinajstić information content (AvgIpc) is 2.69. The van der Waals surface area contributed by atoms with Gasteiger partial charge in [-0.25, -0.2) is 0 Å². The molecule has 0 spiro atoms. The SMILES string of the molecule is COc1ccccc1C(CNC(=O)c1cc(=O)c2cc(Cl)c(C)cc2o1)N(C)C.Cl. The molecule has 8 heteroatoms. The van der Waals surface area contributed by atoms with Gasteiger partial charge < -0.3 is 19.4 Å². The zero-order valence-corrected chi connectivity index (χ0v) is 18.8. The molecule has 1 heterocycles. The van der Waals surface area contributed by atoms with E-state index in [0.29, 0.717) is 22.5 Å². The van der Waals surface area contributed by atoms with Crippen molar-refractivity contribution in [3.63, 3.8) is 0 Å². The molecule has 30 heavy (non-hydrogen) atoms. The van der Waals surface area contributed by atoms with E-state index in [-0.39, 0.29) is 29.6 Å². The zero-order valence-electron chi connectivity index (χ0n) is 17.2. The van der Waals surface area contributed by atoms with Gasteiger partial charge in [-0.1, -0.05) is 29.8 Å². The summed E-state index contributed by atoms with van der Waals surface area (Å²) in [5.74, 6) is 0.241. The Bertz CT molecular complexity index is 1110. The van der Waals surface area contributed by atoms with Crippen molar-refractivity contribution in [2.45, 2.75) is 13.0 Å². The van der Waals surface area contributed by atoms with E-state index in [1.54, 1.807) is 19.2 Å². The molecule has 0 saturated heterocycles. The van der Waals surface area contributed by atoms with Crippen molar-refractivity contribution in [3.8, 4) is 5.75 Å². The fourth-order valence-electron chi connectivity index (χ4n) is 3.18. The fourth-order valence-corrected chi connectivity index (χ4v) is 3.34. The van der Waals surface area contributed by atoms with E-state index in [1.165, 1.54) is 6.07 Å². The first-order valence-corrected chi connectivity index (χ1v) is 9.51. The number of ether oxygens (including phenoxy) is 1. The maximum atomic E-state index is 12.7. The summed E-state index contributed by atoms with van der Waals surface area (Å²) in [6.07, 6.45) is 0. The van der Waals surface area contributed by atoms with Gasteiger partial charge in [0.25, 0.3) is 5.91 Å². The molecule has 0 aliphatic rings. The number of carbonyl (C=O) groups excluding carboxylic acids is 1. The lowest BCUT2D eigenvalue weighted by Gasteiger charge is -2.26. The molecule has 0 aliphatic heterocycles. The molecule has 0 bridgehead atoms. The third-order valence-corrected chi connectivity index (χ3v) is 5.22. The smallest absolute Gasteiger partial charge is 0.287 e. The molecule has 160 valence electrons. The predicted octanol–water partition coefficient (Wildman–Crippen LogP) is 4.22. The molecular formula is C22H24Cl2N2O4. The molecule has 1 amide bonds. The molecule has 0 saturated carbocycles. The Hall–Kier alpha value is -2.54. The Morgan fingerprint density at radius 1 is 1.23 bits per heavy atom. The van der Waals surface area contributed by atoms with Crippen molar-refractivity contribution >= 4 is 40.9 Å². The molecule has 1 unspecified atom stereocenters. The Kier molecular flexibility index (Phi) is 7.89. The summed E-state index contributed by atoms with van der Waals surface area (Å²) in [7, 11) is 5.46. The molecule has 3 rings (SSSR count). The maximum Gasteiger partial charge on any atom is 0.287 e. The molecular weight excluding hydrogens is 427 g/mol. The number of fused-ring (bicyclic) bond motifs is 1. The second-order valence-electron chi connectivity index (χ2n) is 7.00. The van der Waals surface area contributed by atoms with Gasteiger partial charge in [0.05, 0.1) is 18.5 Å². The fraction of sp³-hybridized carbons (Fsp3) is 0.273. The van der Waals surface area contributed by atoms with Crippen molar-refractivity contribution in [2.24, 2.45) is 0 Å². The predicted molar refractivity (Wildman–Crippen MR) is 121 cm³/mol. The van der Waals surface area contributed by atoms with E-state index in [4.69, 9.17) is 20.8 Å². The Labute approximate surface area is 186 Å². The van der Waals surface area contributed by atoms with Gasteiger partial charge in [0, 0.05) is 23.2 Å². The number of hydrogen-bond acceptors (Lipinski definition) is 5. The number of amides is 1. The van der Waals surface area contributed by atoms with Gasteiger partial charge in [-0.15, -0.1) is 12.4 Å². The van der Waals surface area contributed by atoms with Gasteiger partial charge >= 0.3 is 0 Å². The first-order valence-electron chi connectivity index (χ1n) is 9.13. The number of carbonyl (C=O) groups is 1. The van der Waals surface area contributed by atoms with Gasteiger partial charge in [-0.05, 0) is 44.8 Å². The van der Waals surface area contributed by atoms with Crippen LogP contribution in [0.3, 0.4) is 0 Å². The quantitative estimate of drug-likeness (QED) is 0.608. The number of likely N-dealkylation sites (N-methyl/N-ethyl adjacent to an activating group) is 1. The number of methoxy groups -OCH3 is 1. The van der Waals surface area contributed by atoms with E-state index in [1.807, 2.05) is 50.2 Å². The lowest BCUT2D eigenvalue weighted by Crippen LogP contribution is -2.35. The third kappa shape index (κ3) is 4.95. The molecule has 0 radical (unpaired) electrons. The summed E-state index contributed by atoms with van der Waals surface area (Å²) < 4.78 is 11.1. The molecule has 1 aromatic heterocycles. The number of halogens is 2. The summed E-state index contributed by atoms with van der Waals surface area (Å²) in [5, 5.41) is 3.68. The van der Waals surface area contributed by atoms with Crippen LogP contribution in [0.15, 0.2) is 51.7 Å². The highest BCUT2D eigenvalue weighted by Crippen LogP contribution is 2.27. The van der Waals surface area contributed by atoms with Crippen molar-refractivity contribution in [1.29, 1.82) is 0 Å². The number of hydrogen-bond donors (Lipinski definition) is 1. The topological polar surface area (TPSA) is 71.8 Å². The van der Waals surface area contributed by atoms with Crippen LogP contribution in [0.25, 0.3) is 11.0 Å². The van der Waals surface area contributed by atoms with Gasteiger partial charge in [0.2, 0.25) is 0 Å².